The summed E-state index contributed by atoms with van der Waals surface area (Å²) >= 11 is 1.34. The standard InChI is InChI=1S/C11H9NO3S/c1-2-15-11(14)9(13)7-4-3-5-8-10(7)16-6-12-8/h3-6H,2H2,1H3. The molecule has 0 aliphatic rings. The Kier molecular flexibility index (Phi) is 2.96. The molecule has 0 aliphatic heterocycles. The summed E-state index contributed by atoms with van der Waals surface area (Å²) in [5.74, 6) is -1.43. The molecule has 1 heterocycles. The van der Waals surface area contributed by atoms with Gasteiger partial charge in [0.25, 0.3) is 5.78 Å². The second-order valence-corrected chi connectivity index (χ2v) is 3.91. The van der Waals surface area contributed by atoms with E-state index in [2.05, 4.69) is 9.72 Å². The molecule has 0 saturated heterocycles. The van der Waals surface area contributed by atoms with E-state index >= 15 is 0 Å². The quantitative estimate of drug-likeness (QED) is 0.464. The highest BCUT2D eigenvalue weighted by atomic mass is 32.1. The van der Waals surface area contributed by atoms with Gasteiger partial charge >= 0.3 is 5.97 Å². The highest BCUT2D eigenvalue weighted by molar-refractivity contribution is 7.17. The summed E-state index contributed by atoms with van der Waals surface area (Å²) in [6.45, 7) is 1.86. The van der Waals surface area contributed by atoms with E-state index in [9.17, 15) is 9.59 Å². The maximum Gasteiger partial charge on any atom is 0.379 e. The summed E-state index contributed by atoms with van der Waals surface area (Å²) in [6.07, 6.45) is 0. The third-order valence-electron chi connectivity index (χ3n) is 2.06. The van der Waals surface area contributed by atoms with E-state index in [0.29, 0.717) is 5.56 Å². The number of nitrogens with zero attached hydrogens (tertiary/aromatic N) is 1. The van der Waals surface area contributed by atoms with Gasteiger partial charge in [0.15, 0.2) is 0 Å². The van der Waals surface area contributed by atoms with Crippen LogP contribution in [0.5, 0.6) is 0 Å². The SMILES string of the molecule is CCOC(=O)C(=O)c1cccc2ncsc12. The van der Waals surface area contributed by atoms with Crippen LogP contribution in [-0.2, 0) is 9.53 Å². The fourth-order valence-electron chi connectivity index (χ4n) is 1.37. The highest BCUT2D eigenvalue weighted by Crippen LogP contribution is 2.22. The van der Waals surface area contributed by atoms with Crippen molar-refractivity contribution in [2.24, 2.45) is 0 Å². The average Bonchev–Trinajstić information content (AvgIpc) is 2.76. The van der Waals surface area contributed by atoms with Gasteiger partial charge in [0.1, 0.15) is 0 Å². The second kappa shape index (κ2) is 4.40. The summed E-state index contributed by atoms with van der Waals surface area (Å²) in [4.78, 5) is 27.2. The topological polar surface area (TPSA) is 56.3 Å². The lowest BCUT2D eigenvalue weighted by atomic mass is 10.1. The highest BCUT2D eigenvalue weighted by Gasteiger charge is 2.20. The van der Waals surface area contributed by atoms with Crippen LogP contribution in [0.4, 0.5) is 0 Å². The van der Waals surface area contributed by atoms with Gasteiger partial charge in [-0.2, -0.15) is 0 Å². The Labute approximate surface area is 95.9 Å². The van der Waals surface area contributed by atoms with Gasteiger partial charge < -0.3 is 4.74 Å². The molecule has 82 valence electrons. The fourth-order valence-corrected chi connectivity index (χ4v) is 2.17. The van der Waals surface area contributed by atoms with Crippen LogP contribution in [0, 0.1) is 0 Å². The molecule has 2 rings (SSSR count). The van der Waals surface area contributed by atoms with E-state index in [4.69, 9.17) is 0 Å². The number of ketones is 1. The van der Waals surface area contributed by atoms with E-state index in [1.165, 1.54) is 11.3 Å². The molecule has 0 N–H and O–H groups in total. The van der Waals surface area contributed by atoms with Crippen molar-refractivity contribution in [2.75, 3.05) is 6.61 Å². The van der Waals surface area contributed by atoms with Crippen molar-refractivity contribution in [1.82, 2.24) is 4.98 Å². The fraction of sp³-hybridized carbons (Fsp3) is 0.182. The molecule has 2 aromatic rings. The molecule has 0 fully saturated rings. The first-order valence-electron chi connectivity index (χ1n) is 4.77. The van der Waals surface area contributed by atoms with Crippen LogP contribution in [0.1, 0.15) is 17.3 Å². The van der Waals surface area contributed by atoms with E-state index in [1.807, 2.05) is 0 Å². The second-order valence-electron chi connectivity index (χ2n) is 3.06. The summed E-state index contributed by atoms with van der Waals surface area (Å²) in [7, 11) is 0. The van der Waals surface area contributed by atoms with Crippen molar-refractivity contribution in [3.8, 4) is 0 Å². The van der Waals surface area contributed by atoms with Crippen LogP contribution < -0.4 is 0 Å². The molecule has 0 unspecified atom stereocenters. The zero-order valence-electron chi connectivity index (χ0n) is 8.60. The van der Waals surface area contributed by atoms with Gasteiger partial charge in [-0.1, -0.05) is 6.07 Å². The zero-order chi connectivity index (χ0) is 11.5. The van der Waals surface area contributed by atoms with Gasteiger partial charge in [-0.15, -0.1) is 11.3 Å². The molecule has 0 spiro atoms. The molecule has 0 bridgehead atoms. The molecule has 1 aromatic carbocycles. The molecular formula is C11H9NO3S. The molecule has 16 heavy (non-hydrogen) atoms. The van der Waals surface area contributed by atoms with Crippen LogP contribution in [0.15, 0.2) is 23.7 Å². The summed E-state index contributed by atoms with van der Waals surface area (Å²) in [5.41, 5.74) is 2.73. The third-order valence-corrected chi connectivity index (χ3v) is 2.94. The number of benzene rings is 1. The third kappa shape index (κ3) is 1.81. The monoisotopic (exact) mass is 235 g/mol. The van der Waals surface area contributed by atoms with Gasteiger partial charge in [0.2, 0.25) is 0 Å². The molecule has 1 aromatic heterocycles. The van der Waals surface area contributed by atoms with Gasteiger partial charge in [-0.05, 0) is 19.1 Å². The number of esters is 1. The molecule has 0 amide bonds. The van der Waals surface area contributed by atoms with E-state index < -0.39 is 11.8 Å². The minimum absolute atomic E-state index is 0.198. The maximum absolute atomic E-state index is 11.8. The summed E-state index contributed by atoms with van der Waals surface area (Å²) in [5, 5.41) is 0. The molecule has 0 aliphatic carbocycles. The van der Waals surface area contributed by atoms with Crippen molar-refractivity contribution in [1.29, 1.82) is 0 Å². The summed E-state index contributed by atoms with van der Waals surface area (Å²) < 4.78 is 5.40. The first-order valence-corrected chi connectivity index (χ1v) is 5.65. The maximum atomic E-state index is 11.8. The number of hydrogen-bond acceptors (Lipinski definition) is 5. The average molecular weight is 235 g/mol. The lowest BCUT2D eigenvalue weighted by molar-refractivity contribution is -0.137. The number of fused-ring (bicyclic) bond motifs is 1. The van der Waals surface area contributed by atoms with Crippen LogP contribution in [0.2, 0.25) is 0 Å². The van der Waals surface area contributed by atoms with E-state index in [1.54, 1.807) is 30.6 Å². The van der Waals surface area contributed by atoms with Crippen LogP contribution in [0.25, 0.3) is 10.2 Å². The van der Waals surface area contributed by atoms with Gasteiger partial charge in [-0.3, -0.25) is 4.79 Å². The van der Waals surface area contributed by atoms with Crippen molar-refractivity contribution < 1.29 is 14.3 Å². The molecule has 4 nitrogen and oxygen atoms in total. The number of carbonyl (C=O) groups excluding carboxylic acids is 2. The van der Waals surface area contributed by atoms with Crippen molar-refractivity contribution in [2.45, 2.75) is 6.92 Å². The van der Waals surface area contributed by atoms with Crippen molar-refractivity contribution >= 4 is 33.3 Å². The Hall–Kier alpha value is -1.75. The number of ether oxygens (including phenoxy) is 1. The molecule has 0 saturated carbocycles. The number of aromatic nitrogens is 1. The predicted molar refractivity (Wildman–Crippen MR) is 60.6 cm³/mol. The first-order chi connectivity index (χ1) is 7.74. The molecule has 0 radical (unpaired) electrons. The molecule has 0 atom stereocenters. The van der Waals surface area contributed by atoms with Crippen LogP contribution >= 0.6 is 11.3 Å². The molecular weight excluding hydrogens is 226 g/mol. The molecule has 5 heteroatoms. The lowest BCUT2D eigenvalue weighted by Crippen LogP contribution is -2.17. The number of carbonyl (C=O) groups is 2. The summed E-state index contributed by atoms with van der Waals surface area (Å²) in [6, 6.07) is 5.11. The van der Waals surface area contributed by atoms with Gasteiger partial charge in [0.05, 0.1) is 22.3 Å². The van der Waals surface area contributed by atoms with Crippen molar-refractivity contribution in [3.05, 3.63) is 29.3 Å². The minimum atomic E-state index is -0.816. The first kappa shape index (κ1) is 10.8. The Morgan fingerprint density at radius 3 is 3.00 bits per heavy atom. The predicted octanol–water partition coefficient (Wildman–Crippen LogP) is 2.04. The minimum Gasteiger partial charge on any atom is -0.460 e. The number of thiazole rings is 1. The normalized spacial score (nSPS) is 10.3. The van der Waals surface area contributed by atoms with Gasteiger partial charge in [-0.25, -0.2) is 9.78 Å². The van der Waals surface area contributed by atoms with E-state index in [0.717, 1.165) is 10.2 Å². The number of rotatable bonds is 3. The zero-order valence-corrected chi connectivity index (χ0v) is 9.41. The Balaban J connectivity index is 2.43. The van der Waals surface area contributed by atoms with Crippen molar-refractivity contribution in [3.63, 3.8) is 0 Å². The largest absolute Gasteiger partial charge is 0.460 e. The Morgan fingerprint density at radius 2 is 2.25 bits per heavy atom. The lowest BCUT2D eigenvalue weighted by Gasteiger charge is -2.01. The van der Waals surface area contributed by atoms with Crippen LogP contribution in [0.3, 0.4) is 0 Å². The Bertz CT molecular complexity index is 547. The number of Topliss-reactive ketones (excluding diaryl/α,β-unsaturated/α-hetero) is 1. The van der Waals surface area contributed by atoms with E-state index in [-0.39, 0.29) is 6.61 Å². The van der Waals surface area contributed by atoms with Crippen LogP contribution in [-0.4, -0.2) is 23.3 Å². The Morgan fingerprint density at radius 1 is 1.44 bits per heavy atom. The number of hydrogen-bond donors (Lipinski definition) is 0. The smallest absolute Gasteiger partial charge is 0.379 e. The van der Waals surface area contributed by atoms with Gasteiger partial charge in [0, 0.05) is 5.56 Å².